The third kappa shape index (κ3) is 8.03. The molecular weight excluding hydrogens is 230 g/mol. The van der Waals surface area contributed by atoms with Gasteiger partial charge in [0.2, 0.25) is 0 Å². The molecule has 0 saturated heterocycles. The quantitative estimate of drug-likeness (QED) is 0.409. The van der Waals surface area contributed by atoms with E-state index in [0.29, 0.717) is 19.8 Å². The summed E-state index contributed by atoms with van der Waals surface area (Å²) in [5.74, 6) is -0.843. The minimum atomic E-state index is -0.843. The first-order chi connectivity index (χ1) is 8.74. The zero-order valence-electron chi connectivity index (χ0n) is 12.6. The molecule has 0 radical (unpaired) electrons. The second-order valence-electron chi connectivity index (χ2n) is 4.19. The summed E-state index contributed by atoms with van der Waals surface area (Å²) in [7, 11) is 0. The minimum Gasteiger partial charge on any atom is -0.328 e. The Hall–Kier alpha value is -0.160. The van der Waals surface area contributed by atoms with Gasteiger partial charge in [0, 0.05) is 26.2 Å². The second-order valence-corrected chi connectivity index (χ2v) is 4.19. The maximum atomic E-state index is 5.67. The first-order valence-electron chi connectivity index (χ1n) is 7.37. The Morgan fingerprint density at radius 2 is 1.28 bits per heavy atom. The number of ether oxygens (including phenoxy) is 3. The number of hydrogen-bond donors (Lipinski definition) is 1. The highest BCUT2D eigenvalue weighted by Gasteiger charge is 2.31. The van der Waals surface area contributed by atoms with Crippen LogP contribution in [0.25, 0.3) is 0 Å². The highest BCUT2D eigenvalue weighted by molar-refractivity contribution is 4.60. The molecule has 0 aromatic rings. The van der Waals surface area contributed by atoms with Gasteiger partial charge in [-0.05, 0) is 46.7 Å². The van der Waals surface area contributed by atoms with Crippen LogP contribution in [0.3, 0.4) is 0 Å². The number of nitrogens with one attached hydrogen (secondary N) is 1. The molecule has 4 heteroatoms. The van der Waals surface area contributed by atoms with Crippen LogP contribution in [-0.2, 0) is 14.2 Å². The summed E-state index contributed by atoms with van der Waals surface area (Å²) >= 11 is 0. The molecule has 0 bridgehead atoms. The third-order valence-electron chi connectivity index (χ3n) is 2.64. The Morgan fingerprint density at radius 3 is 1.72 bits per heavy atom. The molecule has 18 heavy (non-hydrogen) atoms. The summed E-state index contributed by atoms with van der Waals surface area (Å²) in [5.41, 5.74) is 0. The van der Waals surface area contributed by atoms with Crippen molar-refractivity contribution in [2.75, 3.05) is 32.9 Å². The lowest BCUT2D eigenvalue weighted by molar-refractivity contribution is -0.379. The Labute approximate surface area is 112 Å². The summed E-state index contributed by atoms with van der Waals surface area (Å²) in [6, 6.07) is 0. The van der Waals surface area contributed by atoms with Gasteiger partial charge in [0.05, 0.1) is 0 Å². The smallest absolute Gasteiger partial charge is 0.282 e. The van der Waals surface area contributed by atoms with Gasteiger partial charge in [0.1, 0.15) is 0 Å². The van der Waals surface area contributed by atoms with Gasteiger partial charge >= 0.3 is 0 Å². The number of hydrogen-bond acceptors (Lipinski definition) is 4. The van der Waals surface area contributed by atoms with E-state index in [4.69, 9.17) is 14.2 Å². The topological polar surface area (TPSA) is 39.7 Å². The Bertz CT molecular complexity index is 159. The van der Waals surface area contributed by atoms with Gasteiger partial charge in [-0.1, -0.05) is 13.3 Å². The predicted molar refractivity (Wildman–Crippen MR) is 74.6 cm³/mol. The molecule has 0 atom stereocenters. The van der Waals surface area contributed by atoms with Crippen molar-refractivity contribution in [3.05, 3.63) is 0 Å². The van der Waals surface area contributed by atoms with E-state index in [1.165, 1.54) is 12.8 Å². The van der Waals surface area contributed by atoms with Crippen LogP contribution >= 0.6 is 0 Å². The SMILES string of the molecule is CCCCNCCCC(OCC)(OCC)OCC. The average molecular weight is 261 g/mol. The molecule has 0 aliphatic heterocycles. The van der Waals surface area contributed by atoms with E-state index < -0.39 is 5.97 Å². The van der Waals surface area contributed by atoms with Crippen molar-refractivity contribution >= 4 is 0 Å². The number of rotatable bonds is 13. The van der Waals surface area contributed by atoms with Gasteiger partial charge in [-0.2, -0.15) is 0 Å². The van der Waals surface area contributed by atoms with Crippen LogP contribution in [-0.4, -0.2) is 38.9 Å². The van der Waals surface area contributed by atoms with E-state index >= 15 is 0 Å². The van der Waals surface area contributed by atoms with Crippen LogP contribution in [0.15, 0.2) is 0 Å². The summed E-state index contributed by atoms with van der Waals surface area (Å²) in [5, 5.41) is 3.42. The van der Waals surface area contributed by atoms with Gasteiger partial charge in [-0.15, -0.1) is 0 Å². The highest BCUT2D eigenvalue weighted by atomic mass is 16.9. The maximum absolute atomic E-state index is 5.67. The van der Waals surface area contributed by atoms with Crippen molar-refractivity contribution in [3.63, 3.8) is 0 Å². The molecule has 0 spiro atoms. The monoisotopic (exact) mass is 261 g/mol. The van der Waals surface area contributed by atoms with Gasteiger partial charge < -0.3 is 19.5 Å². The molecular formula is C14H31NO3. The Morgan fingerprint density at radius 1 is 0.778 bits per heavy atom. The van der Waals surface area contributed by atoms with Crippen LogP contribution in [0.5, 0.6) is 0 Å². The van der Waals surface area contributed by atoms with Gasteiger partial charge in [0.25, 0.3) is 5.97 Å². The molecule has 110 valence electrons. The molecule has 0 fully saturated rings. The summed E-state index contributed by atoms with van der Waals surface area (Å²) < 4.78 is 17.0. The standard InChI is InChI=1S/C14H31NO3/c1-5-9-12-15-13-10-11-14(16-6-2,17-7-3)18-8-4/h15H,5-13H2,1-4H3. The maximum Gasteiger partial charge on any atom is 0.282 e. The zero-order chi connectivity index (χ0) is 13.7. The lowest BCUT2D eigenvalue weighted by atomic mass is 10.2. The fourth-order valence-corrected chi connectivity index (χ4v) is 1.86. The molecule has 0 aliphatic rings. The summed E-state index contributed by atoms with van der Waals surface area (Å²) in [6.45, 7) is 12.0. The zero-order valence-corrected chi connectivity index (χ0v) is 12.6. The van der Waals surface area contributed by atoms with Crippen molar-refractivity contribution in [2.45, 2.75) is 59.4 Å². The molecule has 0 amide bonds. The van der Waals surface area contributed by atoms with E-state index in [2.05, 4.69) is 12.2 Å². The molecule has 0 unspecified atom stereocenters. The van der Waals surface area contributed by atoms with E-state index in [1.807, 2.05) is 20.8 Å². The van der Waals surface area contributed by atoms with Crippen molar-refractivity contribution in [2.24, 2.45) is 0 Å². The van der Waals surface area contributed by atoms with Crippen molar-refractivity contribution in [1.29, 1.82) is 0 Å². The largest absolute Gasteiger partial charge is 0.328 e. The second kappa shape index (κ2) is 11.9. The van der Waals surface area contributed by atoms with Crippen LogP contribution < -0.4 is 5.32 Å². The van der Waals surface area contributed by atoms with Crippen LogP contribution in [0.4, 0.5) is 0 Å². The van der Waals surface area contributed by atoms with E-state index in [-0.39, 0.29) is 0 Å². The van der Waals surface area contributed by atoms with Gasteiger partial charge in [-0.25, -0.2) is 0 Å². The Kier molecular flexibility index (Phi) is 11.8. The lowest BCUT2D eigenvalue weighted by Crippen LogP contribution is -2.40. The summed E-state index contributed by atoms with van der Waals surface area (Å²) in [4.78, 5) is 0. The van der Waals surface area contributed by atoms with Crippen LogP contribution in [0.2, 0.25) is 0 Å². The third-order valence-corrected chi connectivity index (χ3v) is 2.64. The Balaban J connectivity index is 3.97. The molecule has 0 heterocycles. The van der Waals surface area contributed by atoms with E-state index in [0.717, 1.165) is 25.9 Å². The molecule has 1 N–H and O–H groups in total. The minimum absolute atomic E-state index is 0.600. The van der Waals surface area contributed by atoms with E-state index in [1.54, 1.807) is 0 Å². The normalized spacial score (nSPS) is 12.0. The molecule has 0 rings (SSSR count). The molecule has 0 aromatic carbocycles. The number of unbranched alkanes of at least 4 members (excludes halogenated alkanes) is 1. The predicted octanol–water partition coefficient (Wildman–Crippen LogP) is 2.92. The van der Waals surface area contributed by atoms with Crippen LogP contribution in [0.1, 0.15) is 53.4 Å². The van der Waals surface area contributed by atoms with Crippen molar-refractivity contribution in [3.8, 4) is 0 Å². The van der Waals surface area contributed by atoms with Gasteiger partial charge in [-0.3, -0.25) is 0 Å². The van der Waals surface area contributed by atoms with Crippen LogP contribution in [0, 0.1) is 0 Å². The van der Waals surface area contributed by atoms with Gasteiger partial charge in [0.15, 0.2) is 0 Å². The van der Waals surface area contributed by atoms with Crippen molar-refractivity contribution < 1.29 is 14.2 Å². The first-order valence-corrected chi connectivity index (χ1v) is 7.37. The molecule has 0 saturated carbocycles. The highest BCUT2D eigenvalue weighted by Crippen LogP contribution is 2.21. The first kappa shape index (κ1) is 17.8. The fourth-order valence-electron chi connectivity index (χ4n) is 1.86. The van der Waals surface area contributed by atoms with E-state index in [9.17, 15) is 0 Å². The molecule has 0 aliphatic carbocycles. The summed E-state index contributed by atoms with van der Waals surface area (Å²) in [6.07, 6.45) is 4.21. The average Bonchev–Trinajstić information content (AvgIpc) is 2.35. The molecule has 4 nitrogen and oxygen atoms in total. The van der Waals surface area contributed by atoms with Crippen molar-refractivity contribution in [1.82, 2.24) is 5.32 Å². The fraction of sp³-hybridized carbons (Fsp3) is 1.00. The lowest BCUT2D eigenvalue weighted by Gasteiger charge is -2.32. The molecule has 0 aromatic heterocycles.